The lowest BCUT2D eigenvalue weighted by Crippen LogP contribution is -2.17. The molecule has 0 heterocycles. The molecule has 0 bridgehead atoms. The van der Waals surface area contributed by atoms with Crippen LogP contribution in [0, 0.1) is 0 Å². The minimum Gasteiger partial charge on any atom is -0.313 e. The fraction of sp³-hybridized carbons (Fsp3) is 0.500. The average molecular weight is 310 g/mol. The van der Waals surface area contributed by atoms with Crippen LogP contribution in [0.15, 0.2) is 18.2 Å². The van der Waals surface area contributed by atoms with Crippen LogP contribution in [-0.4, -0.2) is 27.5 Å². The van der Waals surface area contributed by atoms with Crippen LogP contribution in [0.5, 0.6) is 0 Å². The van der Waals surface area contributed by atoms with Gasteiger partial charge in [-0.1, -0.05) is 29.3 Å². The van der Waals surface area contributed by atoms with Gasteiger partial charge < -0.3 is 5.32 Å². The summed E-state index contributed by atoms with van der Waals surface area (Å²) >= 11 is 11.8. The van der Waals surface area contributed by atoms with Gasteiger partial charge in [-0.05, 0) is 37.6 Å². The Kier molecular flexibility index (Phi) is 5.92. The average Bonchev–Trinajstić information content (AvgIpc) is 2.27. The largest absolute Gasteiger partial charge is 0.313 e. The molecule has 0 aliphatic rings. The molecule has 1 N–H and O–H groups in total. The third-order valence-electron chi connectivity index (χ3n) is 2.70. The summed E-state index contributed by atoms with van der Waals surface area (Å²) in [6.45, 7) is 0. The quantitative estimate of drug-likeness (QED) is 0.878. The maximum atomic E-state index is 11.1. The summed E-state index contributed by atoms with van der Waals surface area (Å²) in [5, 5.41) is 4.19. The van der Waals surface area contributed by atoms with Crippen LogP contribution in [0.3, 0.4) is 0 Å². The standard InChI is InChI=1S/C12H17Cl2NO2S/c1-15-12(4-3-7-18(2,16)17)9-5-6-10(13)11(14)8-9/h5-6,8,12,15H,3-4,7H2,1-2H3. The van der Waals surface area contributed by atoms with Gasteiger partial charge in [-0.2, -0.15) is 0 Å². The molecule has 0 fully saturated rings. The second-order valence-corrected chi connectivity index (χ2v) is 7.36. The Labute approximate surface area is 118 Å². The first kappa shape index (κ1) is 15.8. The van der Waals surface area contributed by atoms with Crippen molar-refractivity contribution in [1.29, 1.82) is 0 Å². The van der Waals surface area contributed by atoms with E-state index in [2.05, 4.69) is 5.32 Å². The van der Waals surface area contributed by atoms with Crippen molar-refractivity contribution in [2.24, 2.45) is 0 Å². The van der Waals surface area contributed by atoms with Gasteiger partial charge in [0.1, 0.15) is 9.84 Å². The topological polar surface area (TPSA) is 46.2 Å². The van der Waals surface area contributed by atoms with Gasteiger partial charge in [0.25, 0.3) is 0 Å². The van der Waals surface area contributed by atoms with Crippen LogP contribution in [0.4, 0.5) is 0 Å². The smallest absolute Gasteiger partial charge is 0.147 e. The van der Waals surface area contributed by atoms with Gasteiger partial charge in [-0.3, -0.25) is 0 Å². The Morgan fingerprint density at radius 1 is 1.28 bits per heavy atom. The lowest BCUT2D eigenvalue weighted by atomic mass is 10.0. The van der Waals surface area contributed by atoms with Crippen molar-refractivity contribution >= 4 is 33.0 Å². The molecule has 102 valence electrons. The van der Waals surface area contributed by atoms with E-state index in [4.69, 9.17) is 23.2 Å². The van der Waals surface area contributed by atoms with Gasteiger partial charge in [0.15, 0.2) is 0 Å². The van der Waals surface area contributed by atoms with E-state index in [-0.39, 0.29) is 11.8 Å². The fourth-order valence-electron chi connectivity index (χ4n) is 1.76. The molecule has 0 saturated heterocycles. The highest BCUT2D eigenvalue weighted by Crippen LogP contribution is 2.27. The highest BCUT2D eigenvalue weighted by atomic mass is 35.5. The molecule has 1 rings (SSSR count). The molecule has 1 atom stereocenters. The van der Waals surface area contributed by atoms with E-state index in [1.54, 1.807) is 6.07 Å². The molecular formula is C12H17Cl2NO2S. The zero-order valence-corrected chi connectivity index (χ0v) is 12.7. The molecule has 0 saturated carbocycles. The fourth-order valence-corrected chi connectivity index (χ4v) is 2.75. The van der Waals surface area contributed by atoms with E-state index in [0.717, 1.165) is 12.0 Å². The Hall–Kier alpha value is -0.290. The van der Waals surface area contributed by atoms with Crippen molar-refractivity contribution in [3.63, 3.8) is 0 Å². The Morgan fingerprint density at radius 3 is 2.44 bits per heavy atom. The van der Waals surface area contributed by atoms with Crippen molar-refractivity contribution in [2.75, 3.05) is 19.1 Å². The zero-order valence-electron chi connectivity index (χ0n) is 10.4. The van der Waals surface area contributed by atoms with Crippen LogP contribution < -0.4 is 5.32 Å². The van der Waals surface area contributed by atoms with Crippen LogP contribution in [0.1, 0.15) is 24.4 Å². The molecule has 1 unspecified atom stereocenters. The molecular weight excluding hydrogens is 293 g/mol. The maximum absolute atomic E-state index is 11.1. The molecule has 0 aliphatic heterocycles. The Morgan fingerprint density at radius 2 is 1.94 bits per heavy atom. The summed E-state index contributed by atoms with van der Waals surface area (Å²) < 4.78 is 22.2. The van der Waals surface area contributed by atoms with E-state index >= 15 is 0 Å². The van der Waals surface area contributed by atoms with Crippen molar-refractivity contribution in [2.45, 2.75) is 18.9 Å². The third-order valence-corrected chi connectivity index (χ3v) is 4.47. The number of halogens is 2. The Bertz CT molecular complexity index is 503. The zero-order chi connectivity index (χ0) is 13.8. The second kappa shape index (κ2) is 6.75. The number of nitrogens with one attached hydrogen (secondary N) is 1. The Balaban J connectivity index is 2.68. The van der Waals surface area contributed by atoms with E-state index in [9.17, 15) is 8.42 Å². The predicted molar refractivity (Wildman–Crippen MR) is 77.2 cm³/mol. The first-order chi connectivity index (χ1) is 8.33. The minimum atomic E-state index is -2.90. The van der Waals surface area contributed by atoms with Gasteiger partial charge in [0.2, 0.25) is 0 Å². The first-order valence-electron chi connectivity index (χ1n) is 5.63. The number of hydrogen-bond acceptors (Lipinski definition) is 3. The van der Waals surface area contributed by atoms with E-state index in [0.29, 0.717) is 16.5 Å². The highest BCUT2D eigenvalue weighted by molar-refractivity contribution is 7.90. The van der Waals surface area contributed by atoms with Gasteiger partial charge in [0, 0.05) is 18.1 Å². The minimum absolute atomic E-state index is 0.0847. The highest BCUT2D eigenvalue weighted by Gasteiger charge is 2.12. The van der Waals surface area contributed by atoms with Crippen molar-refractivity contribution in [3.8, 4) is 0 Å². The van der Waals surface area contributed by atoms with Gasteiger partial charge in [-0.15, -0.1) is 0 Å². The van der Waals surface area contributed by atoms with Gasteiger partial charge >= 0.3 is 0 Å². The number of sulfone groups is 1. The maximum Gasteiger partial charge on any atom is 0.147 e. The molecule has 18 heavy (non-hydrogen) atoms. The van der Waals surface area contributed by atoms with Crippen molar-refractivity contribution in [1.82, 2.24) is 5.32 Å². The predicted octanol–water partition coefficient (Wildman–Crippen LogP) is 3.08. The molecule has 3 nitrogen and oxygen atoms in total. The number of benzene rings is 1. The van der Waals surface area contributed by atoms with Gasteiger partial charge in [0.05, 0.1) is 10.0 Å². The molecule has 6 heteroatoms. The summed E-state index contributed by atoms with van der Waals surface area (Å²) in [6, 6.07) is 5.54. The molecule has 0 amide bonds. The summed E-state index contributed by atoms with van der Waals surface area (Å²) in [7, 11) is -1.06. The number of rotatable bonds is 6. The molecule has 1 aromatic carbocycles. The third kappa shape index (κ3) is 5.14. The van der Waals surface area contributed by atoms with E-state index in [1.165, 1.54) is 6.26 Å². The lowest BCUT2D eigenvalue weighted by molar-refractivity contribution is 0.536. The lowest BCUT2D eigenvalue weighted by Gasteiger charge is -2.17. The SMILES string of the molecule is CNC(CCCS(C)(=O)=O)c1ccc(Cl)c(Cl)c1. The summed E-state index contributed by atoms with van der Waals surface area (Å²) in [5.74, 6) is 0.201. The molecule has 0 aliphatic carbocycles. The monoisotopic (exact) mass is 309 g/mol. The molecule has 0 radical (unpaired) electrons. The van der Waals surface area contributed by atoms with Crippen LogP contribution in [0.25, 0.3) is 0 Å². The molecule has 0 aromatic heterocycles. The second-order valence-electron chi connectivity index (χ2n) is 4.29. The number of hydrogen-bond donors (Lipinski definition) is 1. The van der Waals surface area contributed by atoms with Crippen molar-refractivity contribution in [3.05, 3.63) is 33.8 Å². The summed E-state index contributed by atoms with van der Waals surface area (Å²) in [6.07, 6.45) is 2.60. The normalized spacial score (nSPS) is 13.6. The summed E-state index contributed by atoms with van der Waals surface area (Å²) in [5.41, 5.74) is 1.01. The summed E-state index contributed by atoms with van der Waals surface area (Å²) in [4.78, 5) is 0. The van der Waals surface area contributed by atoms with Gasteiger partial charge in [-0.25, -0.2) is 8.42 Å². The molecule has 1 aromatic rings. The van der Waals surface area contributed by atoms with E-state index < -0.39 is 9.84 Å². The van der Waals surface area contributed by atoms with Crippen LogP contribution >= 0.6 is 23.2 Å². The van der Waals surface area contributed by atoms with E-state index in [1.807, 2.05) is 19.2 Å². The van der Waals surface area contributed by atoms with Crippen LogP contribution in [0.2, 0.25) is 10.0 Å². The van der Waals surface area contributed by atoms with Crippen LogP contribution in [-0.2, 0) is 9.84 Å². The first-order valence-corrected chi connectivity index (χ1v) is 8.45. The van der Waals surface area contributed by atoms with Crippen molar-refractivity contribution < 1.29 is 8.42 Å². The molecule has 0 spiro atoms.